The van der Waals surface area contributed by atoms with Crippen LogP contribution in [-0.4, -0.2) is 33.4 Å². The molecule has 134 valence electrons. The summed E-state index contributed by atoms with van der Waals surface area (Å²) in [5.74, 6) is -0.0593. The Morgan fingerprint density at radius 2 is 1.83 bits per heavy atom. The number of carbonyl (C=O) groups excluding carboxylic acids is 1. The summed E-state index contributed by atoms with van der Waals surface area (Å²) >= 11 is 0. The van der Waals surface area contributed by atoms with E-state index in [1.165, 1.54) is 0 Å². The number of carbonyl (C=O) groups is 1. The average Bonchev–Trinajstić information content (AvgIpc) is 2.72. The summed E-state index contributed by atoms with van der Waals surface area (Å²) < 4.78 is 16.6. The van der Waals surface area contributed by atoms with Crippen molar-refractivity contribution in [3.8, 4) is 0 Å². The van der Waals surface area contributed by atoms with Crippen LogP contribution >= 0.6 is 0 Å². The Labute approximate surface area is 143 Å². The van der Waals surface area contributed by atoms with E-state index in [1.54, 1.807) is 6.08 Å². The molecule has 2 N–H and O–H groups in total. The Morgan fingerprint density at radius 1 is 1.12 bits per heavy atom. The van der Waals surface area contributed by atoms with Crippen molar-refractivity contribution < 1.29 is 19.4 Å². The highest BCUT2D eigenvalue weighted by atomic mass is 19.1. The van der Waals surface area contributed by atoms with Crippen molar-refractivity contribution in [2.24, 2.45) is 22.7 Å². The highest BCUT2D eigenvalue weighted by molar-refractivity contribution is 5.91. The highest BCUT2D eigenvalue weighted by Gasteiger charge is 2.72. The molecule has 4 rings (SSSR count). The van der Waals surface area contributed by atoms with Gasteiger partial charge >= 0.3 is 0 Å². The normalized spacial score (nSPS) is 57.0. The van der Waals surface area contributed by atoms with Crippen LogP contribution in [0.5, 0.6) is 0 Å². The topological polar surface area (TPSA) is 57.5 Å². The van der Waals surface area contributed by atoms with Crippen molar-refractivity contribution in [3.05, 3.63) is 11.6 Å². The third kappa shape index (κ3) is 1.72. The van der Waals surface area contributed by atoms with Crippen LogP contribution in [0.1, 0.15) is 65.7 Å². The first-order valence-corrected chi connectivity index (χ1v) is 9.39. The molecule has 4 aliphatic carbocycles. The minimum Gasteiger partial charge on any atom is -0.390 e. The fraction of sp³-hybridized carbons (Fsp3) is 0.850. The molecule has 0 amide bonds. The van der Waals surface area contributed by atoms with Crippen molar-refractivity contribution in [1.82, 2.24) is 0 Å². The van der Waals surface area contributed by atoms with Crippen molar-refractivity contribution in [2.45, 2.75) is 83.1 Å². The molecular formula is C20H29FO3. The molecule has 0 spiro atoms. The number of aliphatic hydroxyl groups is 2. The van der Waals surface area contributed by atoms with E-state index in [0.29, 0.717) is 32.1 Å². The zero-order valence-corrected chi connectivity index (χ0v) is 14.9. The van der Waals surface area contributed by atoms with Crippen molar-refractivity contribution >= 4 is 5.78 Å². The SMILES string of the molecule is C[C@]1(O)CC[C@@H]2[C@H]3CCC4=CC(=O)CC[C@]4(C)[C@]3(F)[C@@H](O)C[C@@]21C. The van der Waals surface area contributed by atoms with Gasteiger partial charge in [0, 0.05) is 23.2 Å². The second-order valence-electron chi connectivity index (χ2n) is 9.44. The molecule has 4 aliphatic rings. The van der Waals surface area contributed by atoms with Crippen LogP contribution in [0.15, 0.2) is 11.6 Å². The Morgan fingerprint density at radius 3 is 2.54 bits per heavy atom. The molecule has 0 aromatic rings. The smallest absolute Gasteiger partial charge is 0.155 e. The van der Waals surface area contributed by atoms with Crippen LogP contribution in [0, 0.1) is 22.7 Å². The van der Waals surface area contributed by atoms with Crippen LogP contribution in [0.3, 0.4) is 0 Å². The lowest BCUT2D eigenvalue weighted by molar-refractivity contribution is -0.225. The summed E-state index contributed by atoms with van der Waals surface area (Å²) in [6.07, 6.45) is 4.60. The van der Waals surface area contributed by atoms with Gasteiger partial charge in [-0.3, -0.25) is 4.79 Å². The molecule has 0 aliphatic heterocycles. The number of rotatable bonds is 0. The summed E-state index contributed by atoms with van der Waals surface area (Å²) in [6, 6.07) is 0. The van der Waals surface area contributed by atoms with Crippen molar-refractivity contribution in [2.75, 3.05) is 0 Å². The van der Waals surface area contributed by atoms with Gasteiger partial charge in [-0.1, -0.05) is 19.4 Å². The fourth-order valence-electron chi connectivity index (χ4n) is 6.79. The van der Waals surface area contributed by atoms with Gasteiger partial charge in [-0.15, -0.1) is 0 Å². The first-order valence-electron chi connectivity index (χ1n) is 9.39. The lowest BCUT2D eigenvalue weighted by Gasteiger charge is -2.63. The standard InChI is InChI=1S/C20H29FO3/c1-17-8-6-13(22)10-12(17)4-5-15-14-7-9-19(3,24)18(14,2)11-16(23)20(15,17)21/h10,14-16,23-24H,4-9,11H2,1-3H3/t14-,15-,16+,17+,18+,19+,20-/m1/s1. The van der Waals surface area contributed by atoms with E-state index in [2.05, 4.69) is 0 Å². The lowest BCUT2D eigenvalue weighted by Crippen LogP contribution is -2.68. The molecule has 3 nitrogen and oxygen atoms in total. The van der Waals surface area contributed by atoms with E-state index in [9.17, 15) is 15.0 Å². The zero-order chi connectivity index (χ0) is 17.5. The molecule has 0 heterocycles. The number of halogens is 1. The van der Waals surface area contributed by atoms with Gasteiger partial charge in [0.05, 0.1) is 11.7 Å². The molecule has 0 unspecified atom stereocenters. The molecular weight excluding hydrogens is 307 g/mol. The van der Waals surface area contributed by atoms with E-state index in [1.807, 2.05) is 20.8 Å². The molecule has 7 atom stereocenters. The number of hydrogen-bond acceptors (Lipinski definition) is 3. The van der Waals surface area contributed by atoms with Gasteiger partial charge in [0.15, 0.2) is 5.78 Å². The number of ketones is 1. The van der Waals surface area contributed by atoms with E-state index in [4.69, 9.17) is 0 Å². The minimum atomic E-state index is -1.69. The summed E-state index contributed by atoms with van der Waals surface area (Å²) in [6.45, 7) is 5.79. The largest absolute Gasteiger partial charge is 0.390 e. The van der Waals surface area contributed by atoms with Gasteiger partial charge in [0.2, 0.25) is 0 Å². The monoisotopic (exact) mass is 336 g/mol. The van der Waals surface area contributed by atoms with E-state index < -0.39 is 28.2 Å². The van der Waals surface area contributed by atoms with Gasteiger partial charge < -0.3 is 10.2 Å². The second kappa shape index (κ2) is 4.70. The molecule has 0 radical (unpaired) electrons. The van der Waals surface area contributed by atoms with Crippen molar-refractivity contribution in [3.63, 3.8) is 0 Å². The molecule has 0 saturated heterocycles. The Hall–Kier alpha value is -0.740. The van der Waals surface area contributed by atoms with Crippen LogP contribution in [0.4, 0.5) is 4.39 Å². The lowest BCUT2D eigenvalue weighted by atomic mass is 9.44. The van der Waals surface area contributed by atoms with E-state index in [0.717, 1.165) is 18.4 Å². The molecule has 24 heavy (non-hydrogen) atoms. The average molecular weight is 336 g/mol. The summed E-state index contributed by atoms with van der Waals surface area (Å²) in [5.41, 5.74) is -2.83. The van der Waals surface area contributed by atoms with Gasteiger partial charge in [-0.2, -0.15) is 0 Å². The van der Waals surface area contributed by atoms with Gasteiger partial charge in [-0.25, -0.2) is 4.39 Å². The Kier molecular flexibility index (Phi) is 3.27. The zero-order valence-electron chi connectivity index (χ0n) is 14.9. The van der Waals surface area contributed by atoms with Crippen LogP contribution < -0.4 is 0 Å². The predicted molar refractivity (Wildman–Crippen MR) is 89.1 cm³/mol. The summed E-state index contributed by atoms with van der Waals surface area (Å²) in [7, 11) is 0. The van der Waals surface area contributed by atoms with E-state index in [-0.39, 0.29) is 17.6 Å². The summed E-state index contributed by atoms with van der Waals surface area (Å²) in [5, 5.41) is 21.9. The Bertz CT molecular complexity index is 626. The van der Waals surface area contributed by atoms with Crippen molar-refractivity contribution in [1.29, 1.82) is 0 Å². The first-order chi connectivity index (χ1) is 11.1. The van der Waals surface area contributed by atoms with Gasteiger partial charge in [0.25, 0.3) is 0 Å². The number of alkyl halides is 1. The maximum Gasteiger partial charge on any atom is 0.155 e. The van der Waals surface area contributed by atoms with E-state index >= 15 is 4.39 Å². The second-order valence-corrected chi connectivity index (χ2v) is 9.44. The van der Waals surface area contributed by atoms with Crippen LogP contribution in [0.25, 0.3) is 0 Å². The molecule has 0 aromatic heterocycles. The number of fused-ring (bicyclic) bond motifs is 5. The molecule has 3 saturated carbocycles. The quantitative estimate of drug-likeness (QED) is 0.713. The molecule has 0 aromatic carbocycles. The first kappa shape index (κ1) is 16.7. The predicted octanol–water partition coefficient (Wildman–Crippen LogP) is 3.33. The van der Waals surface area contributed by atoms with Gasteiger partial charge in [-0.05, 0) is 57.4 Å². The number of hydrogen-bond donors (Lipinski definition) is 2. The minimum absolute atomic E-state index is 0.0865. The maximum atomic E-state index is 16.6. The number of allylic oxidation sites excluding steroid dienone is 1. The molecule has 3 fully saturated rings. The fourth-order valence-corrected chi connectivity index (χ4v) is 6.79. The third-order valence-corrected chi connectivity index (χ3v) is 8.60. The van der Waals surface area contributed by atoms with Crippen LogP contribution in [-0.2, 0) is 4.79 Å². The third-order valence-electron chi connectivity index (χ3n) is 8.60. The molecule has 4 heteroatoms. The number of aliphatic hydroxyl groups excluding tert-OH is 1. The maximum absolute atomic E-state index is 16.6. The summed E-state index contributed by atoms with van der Waals surface area (Å²) in [4.78, 5) is 11.8. The highest BCUT2D eigenvalue weighted by Crippen LogP contribution is 2.70. The van der Waals surface area contributed by atoms with Crippen LogP contribution in [0.2, 0.25) is 0 Å². The Balaban J connectivity index is 1.82. The van der Waals surface area contributed by atoms with Gasteiger partial charge in [0.1, 0.15) is 5.67 Å². The molecule has 0 bridgehead atoms.